The van der Waals surface area contributed by atoms with Crippen LogP contribution in [-0.2, 0) is 24.9 Å². The molecular weight excluding hydrogens is 463 g/mol. The van der Waals surface area contributed by atoms with Crippen molar-refractivity contribution in [3.8, 4) is 0 Å². The van der Waals surface area contributed by atoms with Gasteiger partial charge < -0.3 is 14.6 Å². The van der Waals surface area contributed by atoms with Gasteiger partial charge in [0.15, 0.2) is 5.82 Å². The monoisotopic (exact) mass is 498 g/mol. The molecule has 2 N–H and O–H groups in total. The predicted molar refractivity (Wildman–Crippen MR) is 122 cm³/mol. The van der Waals surface area contributed by atoms with E-state index in [0.717, 1.165) is 50.6 Å². The van der Waals surface area contributed by atoms with Gasteiger partial charge in [-0.15, -0.1) is 0 Å². The molecule has 34 heavy (non-hydrogen) atoms. The summed E-state index contributed by atoms with van der Waals surface area (Å²) in [6.45, 7) is 2.23. The lowest BCUT2D eigenvalue weighted by atomic mass is 9.86. The molecule has 2 heterocycles. The highest BCUT2D eigenvalue weighted by atomic mass is 32.2. The Hall–Kier alpha value is -1.24. The molecule has 11 heteroatoms. The van der Waals surface area contributed by atoms with Gasteiger partial charge in [0.05, 0.1) is 36.9 Å². The molecule has 0 amide bonds. The molecule has 3 saturated carbocycles. The van der Waals surface area contributed by atoms with Crippen LogP contribution in [0.5, 0.6) is 0 Å². The molecule has 7 atom stereocenters. The van der Waals surface area contributed by atoms with Crippen LogP contribution < -0.4 is 4.72 Å². The third kappa shape index (κ3) is 4.75. The van der Waals surface area contributed by atoms with Crippen molar-refractivity contribution in [1.29, 1.82) is 0 Å². The van der Waals surface area contributed by atoms with Crippen LogP contribution in [-0.4, -0.2) is 79.0 Å². The van der Waals surface area contributed by atoms with Crippen molar-refractivity contribution in [2.75, 3.05) is 20.0 Å². The minimum Gasteiger partial charge on any atom is -0.377 e. The van der Waals surface area contributed by atoms with Crippen LogP contribution in [0.2, 0.25) is 0 Å². The molecule has 190 valence electrons. The highest BCUT2D eigenvalue weighted by Crippen LogP contribution is 2.62. The molecule has 0 aromatic carbocycles. The summed E-state index contributed by atoms with van der Waals surface area (Å²) >= 11 is 0. The van der Waals surface area contributed by atoms with Crippen LogP contribution in [0.15, 0.2) is 6.20 Å². The molecule has 0 radical (unpaired) electrons. The molecule has 4 unspecified atom stereocenters. The quantitative estimate of drug-likeness (QED) is 0.494. The standard InChI is InChI=1S/C23H35FN4O5S/c1-13-8-18(27-34(3,30)31)19(28(13)22(29)32-2)12-33-16-6-7-23(10-15(23)9-16)21-25-11-17(24)20(26-21)14-4-5-14/h11,13-16,18-19,22,27,29H,4-10,12H2,1-3H3/t13-,15?,16?,18+,19+,22?,23?/m1/s1. The number of rotatable bonds is 9. The van der Waals surface area contributed by atoms with Crippen LogP contribution in [0.3, 0.4) is 0 Å². The second-order valence-corrected chi connectivity index (χ2v) is 12.4. The number of hydrogen-bond acceptors (Lipinski definition) is 8. The van der Waals surface area contributed by atoms with Gasteiger partial charge >= 0.3 is 0 Å². The van der Waals surface area contributed by atoms with Crippen molar-refractivity contribution in [3.05, 3.63) is 23.5 Å². The van der Waals surface area contributed by atoms with Crippen molar-refractivity contribution < 1.29 is 27.4 Å². The summed E-state index contributed by atoms with van der Waals surface area (Å²) in [5.74, 6) is 1.16. The molecule has 5 rings (SSSR count). The van der Waals surface area contributed by atoms with Gasteiger partial charge in [0, 0.05) is 30.5 Å². The highest BCUT2D eigenvalue weighted by molar-refractivity contribution is 7.88. The summed E-state index contributed by atoms with van der Waals surface area (Å²) in [6.07, 6.45) is 7.57. The number of halogens is 1. The number of methoxy groups -OCH3 is 1. The van der Waals surface area contributed by atoms with E-state index in [1.807, 2.05) is 6.92 Å². The minimum atomic E-state index is -3.41. The number of aromatic nitrogens is 2. The number of fused-ring (bicyclic) bond motifs is 1. The molecule has 0 spiro atoms. The first-order valence-corrected chi connectivity index (χ1v) is 14.1. The Labute approximate surface area is 200 Å². The van der Waals surface area contributed by atoms with Crippen LogP contribution in [0, 0.1) is 11.7 Å². The van der Waals surface area contributed by atoms with E-state index in [1.54, 1.807) is 4.90 Å². The lowest BCUT2D eigenvalue weighted by molar-refractivity contribution is -0.199. The zero-order valence-corrected chi connectivity index (χ0v) is 20.8. The van der Waals surface area contributed by atoms with E-state index in [4.69, 9.17) is 9.47 Å². The van der Waals surface area contributed by atoms with Gasteiger partial charge in [-0.3, -0.25) is 0 Å². The Morgan fingerprint density at radius 1 is 1.35 bits per heavy atom. The maximum Gasteiger partial charge on any atom is 0.216 e. The Bertz CT molecular complexity index is 1020. The zero-order valence-electron chi connectivity index (χ0n) is 20.0. The average Bonchev–Trinajstić information content (AvgIpc) is 3.68. The van der Waals surface area contributed by atoms with Crippen LogP contribution >= 0.6 is 0 Å². The number of ether oxygens (including phenoxy) is 2. The van der Waals surface area contributed by atoms with Gasteiger partial charge in [-0.25, -0.2) is 32.4 Å². The number of sulfonamides is 1. The number of aliphatic hydroxyl groups is 1. The number of likely N-dealkylation sites (tertiary alicyclic amines) is 1. The van der Waals surface area contributed by atoms with E-state index in [-0.39, 0.29) is 41.4 Å². The van der Waals surface area contributed by atoms with Gasteiger partial charge in [-0.2, -0.15) is 0 Å². The van der Waals surface area contributed by atoms with Gasteiger partial charge in [-0.05, 0) is 57.8 Å². The molecule has 3 aliphatic carbocycles. The number of nitrogens with one attached hydrogen (secondary N) is 1. The molecule has 1 aromatic rings. The first-order valence-electron chi connectivity index (χ1n) is 12.2. The number of nitrogens with zero attached hydrogens (tertiary/aromatic N) is 3. The van der Waals surface area contributed by atoms with E-state index in [1.165, 1.54) is 13.3 Å². The fourth-order valence-electron chi connectivity index (χ4n) is 6.17. The molecule has 1 aromatic heterocycles. The Morgan fingerprint density at radius 2 is 2.12 bits per heavy atom. The molecule has 4 aliphatic rings. The van der Waals surface area contributed by atoms with Crippen molar-refractivity contribution in [3.63, 3.8) is 0 Å². The Kier molecular flexibility index (Phi) is 6.48. The Balaban J connectivity index is 1.22. The molecule has 9 nitrogen and oxygen atoms in total. The van der Waals surface area contributed by atoms with E-state index < -0.39 is 16.4 Å². The first kappa shape index (κ1) is 24.5. The van der Waals surface area contributed by atoms with Gasteiger partial charge in [0.25, 0.3) is 0 Å². The number of hydrogen-bond donors (Lipinski definition) is 2. The van der Waals surface area contributed by atoms with Gasteiger partial charge in [0.1, 0.15) is 5.82 Å². The lowest BCUT2D eigenvalue weighted by Gasteiger charge is -2.35. The van der Waals surface area contributed by atoms with Crippen LogP contribution in [0.1, 0.15) is 69.3 Å². The maximum atomic E-state index is 14.1. The van der Waals surface area contributed by atoms with Crippen molar-refractivity contribution in [1.82, 2.24) is 19.6 Å². The largest absolute Gasteiger partial charge is 0.377 e. The summed E-state index contributed by atoms with van der Waals surface area (Å²) in [7, 11) is -1.98. The zero-order chi connectivity index (χ0) is 24.3. The van der Waals surface area contributed by atoms with E-state index in [9.17, 15) is 17.9 Å². The van der Waals surface area contributed by atoms with E-state index in [2.05, 4.69) is 14.7 Å². The number of aliphatic hydroxyl groups excluding tert-OH is 1. The predicted octanol–water partition coefficient (Wildman–Crippen LogP) is 1.62. The summed E-state index contributed by atoms with van der Waals surface area (Å²) in [6, 6.07) is -0.777. The molecule has 4 fully saturated rings. The van der Waals surface area contributed by atoms with Crippen LogP contribution in [0.25, 0.3) is 0 Å². The third-order valence-corrected chi connectivity index (χ3v) is 8.89. The lowest BCUT2D eigenvalue weighted by Crippen LogP contribution is -2.52. The fourth-order valence-corrected chi connectivity index (χ4v) is 6.98. The second kappa shape index (κ2) is 9.01. The summed E-state index contributed by atoms with van der Waals surface area (Å²) in [4.78, 5) is 10.8. The van der Waals surface area contributed by atoms with Crippen LogP contribution in [0.4, 0.5) is 4.39 Å². The smallest absolute Gasteiger partial charge is 0.216 e. The first-order chi connectivity index (χ1) is 16.1. The van der Waals surface area contributed by atoms with Crippen molar-refractivity contribution in [2.24, 2.45) is 5.92 Å². The molecule has 1 aliphatic heterocycles. The van der Waals surface area contributed by atoms with Gasteiger partial charge in [-0.1, -0.05) is 0 Å². The van der Waals surface area contributed by atoms with Crippen molar-refractivity contribution in [2.45, 2.75) is 93.8 Å². The Morgan fingerprint density at radius 3 is 2.76 bits per heavy atom. The van der Waals surface area contributed by atoms with Gasteiger partial charge in [0.2, 0.25) is 16.4 Å². The molecule has 1 saturated heterocycles. The summed E-state index contributed by atoms with van der Waals surface area (Å²) in [5, 5.41) is 10.4. The minimum absolute atomic E-state index is 0.0419. The molecule has 0 bridgehead atoms. The SMILES string of the molecule is COC(O)N1[C@H](C)C[C@H](NS(C)(=O)=O)[C@@H]1COC1CCC2(c3ncc(F)c(C4CC4)n3)CC2C1. The third-order valence-electron chi connectivity index (χ3n) is 8.16. The van der Waals surface area contributed by atoms with E-state index >= 15 is 0 Å². The van der Waals surface area contributed by atoms with E-state index in [0.29, 0.717) is 24.6 Å². The topological polar surface area (TPSA) is 114 Å². The second-order valence-electron chi connectivity index (χ2n) is 10.6. The average molecular weight is 499 g/mol. The highest BCUT2D eigenvalue weighted by Gasteiger charge is 2.60. The van der Waals surface area contributed by atoms with Crippen molar-refractivity contribution >= 4 is 10.0 Å². The normalized spacial score (nSPS) is 36.9. The maximum absolute atomic E-state index is 14.1. The molecular formula is C23H35FN4O5S. The summed E-state index contributed by atoms with van der Waals surface area (Å²) < 4.78 is 52.1. The summed E-state index contributed by atoms with van der Waals surface area (Å²) in [5.41, 5.74) is 0.525. The fraction of sp³-hybridized carbons (Fsp3) is 0.826.